The molecule has 0 radical (unpaired) electrons. The third-order valence-corrected chi connectivity index (χ3v) is 3.03. The van der Waals surface area contributed by atoms with E-state index >= 15 is 0 Å². The van der Waals surface area contributed by atoms with Crippen LogP contribution in [0.4, 0.5) is 0 Å². The molecule has 1 aliphatic carbocycles. The van der Waals surface area contributed by atoms with Crippen molar-refractivity contribution < 1.29 is 9.84 Å². The highest BCUT2D eigenvalue weighted by molar-refractivity contribution is 5.45. The molecule has 3 heteroatoms. The molecule has 16 heavy (non-hydrogen) atoms. The van der Waals surface area contributed by atoms with Crippen LogP contribution in [0, 0.1) is 0 Å². The van der Waals surface area contributed by atoms with Crippen molar-refractivity contribution in [2.45, 2.75) is 25.8 Å². The largest absolute Gasteiger partial charge is 0.491 e. The molecule has 0 aromatic heterocycles. The van der Waals surface area contributed by atoms with E-state index in [-0.39, 0.29) is 6.61 Å². The average molecular weight is 221 g/mol. The summed E-state index contributed by atoms with van der Waals surface area (Å²) in [6, 6.07) is 6.66. The van der Waals surface area contributed by atoms with Gasteiger partial charge in [-0.25, -0.2) is 0 Å². The summed E-state index contributed by atoms with van der Waals surface area (Å²) < 4.78 is 5.55. The quantitative estimate of drug-likeness (QED) is 0.794. The molecule has 1 atom stereocenters. The molecule has 2 rings (SSSR count). The van der Waals surface area contributed by atoms with Gasteiger partial charge in [-0.3, -0.25) is 0 Å². The highest BCUT2D eigenvalue weighted by Crippen LogP contribution is 2.36. The molecule has 1 aromatic rings. The molecule has 0 saturated heterocycles. The molecule has 0 saturated carbocycles. The highest BCUT2D eigenvalue weighted by Gasteiger charge is 2.24. The maximum Gasteiger partial charge on any atom is 0.122 e. The van der Waals surface area contributed by atoms with Crippen molar-refractivity contribution in [2.24, 2.45) is 0 Å². The van der Waals surface area contributed by atoms with Gasteiger partial charge in [0.15, 0.2) is 0 Å². The number of aliphatic hydroxyl groups excluding tert-OH is 1. The first kappa shape index (κ1) is 11.4. The van der Waals surface area contributed by atoms with Gasteiger partial charge in [-0.2, -0.15) is 0 Å². The Labute approximate surface area is 96.4 Å². The van der Waals surface area contributed by atoms with Crippen LogP contribution in [0.3, 0.4) is 0 Å². The predicted molar refractivity (Wildman–Crippen MR) is 63.8 cm³/mol. The minimum atomic E-state index is 0.0697. The van der Waals surface area contributed by atoms with Gasteiger partial charge in [0.25, 0.3) is 0 Å². The van der Waals surface area contributed by atoms with Crippen LogP contribution in [0.15, 0.2) is 18.2 Å². The molecule has 88 valence electrons. The van der Waals surface area contributed by atoms with Gasteiger partial charge in [-0.1, -0.05) is 19.1 Å². The Morgan fingerprint density at radius 1 is 1.50 bits per heavy atom. The molecule has 1 unspecified atom stereocenters. The molecule has 0 bridgehead atoms. The van der Waals surface area contributed by atoms with E-state index in [0.717, 1.165) is 25.1 Å². The minimum absolute atomic E-state index is 0.0697. The van der Waals surface area contributed by atoms with Crippen molar-refractivity contribution in [1.29, 1.82) is 0 Å². The third-order valence-electron chi connectivity index (χ3n) is 3.03. The van der Waals surface area contributed by atoms with Crippen LogP contribution >= 0.6 is 0 Å². The zero-order chi connectivity index (χ0) is 11.4. The van der Waals surface area contributed by atoms with E-state index in [1.807, 2.05) is 12.1 Å². The van der Waals surface area contributed by atoms with Crippen LogP contribution in [-0.4, -0.2) is 24.9 Å². The molecule has 0 heterocycles. The zero-order valence-corrected chi connectivity index (χ0v) is 9.70. The lowest BCUT2D eigenvalue weighted by molar-refractivity contribution is 0.200. The molecule has 0 amide bonds. The Morgan fingerprint density at radius 3 is 3.12 bits per heavy atom. The molecule has 1 aromatic carbocycles. The molecule has 2 N–H and O–H groups in total. The van der Waals surface area contributed by atoms with Gasteiger partial charge in [0.2, 0.25) is 0 Å². The summed E-state index contributed by atoms with van der Waals surface area (Å²) in [6.45, 7) is 3.57. The molecule has 0 aliphatic heterocycles. The SMILES string of the molecule is CCNC1CCc2c(OCCO)cccc21. The highest BCUT2D eigenvalue weighted by atomic mass is 16.5. The van der Waals surface area contributed by atoms with E-state index in [9.17, 15) is 0 Å². The predicted octanol–water partition coefficient (Wildman–Crippen LogP) is 1.65. The average Bonchev–Trinajstić information content (AvgIpc) is 2.71. The molecular formula is C13H19NO2. The van der Waals surface area contributed by atoms with Crippen LogP contribution in [0.2, 0.25) is 0 Å². The number of rotatable bonds is 5. The van der Waals surface area contributed by atoms with E-state index in [4.69, 9.17) is 9.84 Å². The first-order chi connectivity index (χ1) is 7.86. The number of aliphatic hydroxyl groups is 1. The smallest absolute Gasteiger partial charge is 0.122 e. The van der Waals surface area contributed by atoms with E-state index in [1.54, 1.807) is 0 Å². The van der Waals surface area contributed by atoms with Gasteiger partial charge in [-0.15, -0.1) is 0 Å². The van der Waals surface area contributed by atoms with Crippen molar-refractivity contribution in [3.05, 3.63) is 29.3 Å². The first-order valence-corrected chi connectivity index (χ1v) is 5.95. The third kappa shape index (κ3) is 2.20. The monoisotopic (exact) mass is 221 g/mol. The summed E-state index contributed by atoms with van der Waals surface area (Å²) in [5.41, 5.74) is 2.67. The van der Waals surface area contributed by atoms with Gasteiger partial charge >= 0.3 is 0 Å². The molecule has 3 nitrogen and oxygen atoms in total. The van der Waals surface area contributed by atoms with Crippen molar-refractivity contribution in [1.82, 2.24) is 5.32 Å². The van der Waals surface area contributed by atoms with Crippen LogP contribution in [-0.2, 0) is 6.42 Å². The van der Waals surface area contributed by atoms with E-state index in [1.165, 1.54) is 11.1 Å². The van der Waals surface area contributed by atoms with Crippen LogP contribution in [0.5, 0.6) is 5.75 Å². The maximum atomic E-state index is 8.77. The minimum Gasteiger partial charge on any atom is -0.491 e. The van der Waals surface area contributed by atoms with Gasteiger partial charge < -0.3 is 15.2 Å². The first-order valence-electron chi connectivity index (χ1n) is 5.95. The number of benzene rings is 1. The summed E-state index contributed by atoms with van der Waals surface area (Å²) in [4.78, 5) is 0. The lowest BCUT2D eigenvalue weighted by Crippen LogP contribution is -2.18. The lowest BCUT2D eigenvalue weighted by Gasteiger charge is -2.13. The second-order valence-corrected chi connectivity index (χ2v) is 4.04. The molecular weight excluding hydrogens is 202 g/mol. The number of fused-ring (bicyclic) bond motifs is 1. The second-order valence-electron chi connectivity index (χ2n) is 4.04. The Hall–Kier alpha value is -1.06. The number of hydrogen-bond donors (Lipinski definition) is 2. The van der Waals surface area contributed by atoms with Gasteiger partial charge in [0.05, 0.1) is 6.61 Å². The summed E-state index contributed by atoms with van der Waals surface area (Å²) in [5, 5.41) is 12.3. The number of nitrogens with one attached hydrogen (secondary N) is 1. The van der Waals surface area contributed by atoms with Crippen molar-refractivity contribution >= 4 is 0 Å². The fourth-order valence-electron chi connectivity index (χ4n) is 2.37. The normalized spacial score (nSPS) is 18.5. The van der Waals surface area contributed by atoms with Gasteiger partial charge in [-0.05, 0) is 36.6 Å². The molecule has 0 spiro atoms. The van der Waals surface area contributed by atoms with Gasteiger partial charge in [0.1, 0.15) is 12.4 Å². The van der Waals surface area contributed by atoms with Crippen LogP contribution < -0.4 is 10.1 Å². The van der Waals surface area contributed by atoms with Crippen molar-refractivity contribution in [3.63, 3.8) is 0 Å². The van der Waals surface area contributed by atoms with Crippen molar-refractivity contribution in [3.8, 4) is 5.75 Å². The summed E-state index contributed by atoms with van der Waals surface area (Å²) in [5.74, 6) is 0.937. The lowest BCUT2D eigenvalue weighted by atomic mass is 10.1. The van der Waals surface area contributed by atoms with Gasteiger partial charge in [0, 0.05) is 6.04 Å². The fraction of sp³-hybridized carbons (Fsp3) is 0.538. The number of ether oxygens (including phenoxy) is 1. The Bertz CT molecular complexity index is 352. The maximum absolute atomic E-state index is 8.77. The molecule has 0 fully saturated rings. The summed E-state index contributed by atoms with van der Waals surface area (Å²) in [7, 11) is 0. The Balaban J connectivity index is 2.18. The molecule has 1 aliphatic rings. The summed E-state index contributed by atoms with van der Waals surface area (Å²) in [6.07, 6.45) is 2.21. The van der Waals surface area contributed by atoms with Crippen molar-refractivity contribution in [2.75, 3.05) is 19.8 Å². The Kier molecular flexibility index (Phi) is 3.80. The van der Waals surface area contributed by atoms with Crippen LogP contribution in [0.25, 0.3) is 0 Å². The number of hydrogen-bond acceptors (Lipinski definition) is 3. The topological polar surface area (TPSA) is 41.5 Å². The standard InChI is InChI=1S/C13H19NO2/c1-2-14-12-7-6-11-10(12)4-3-5-13(11)16-9-8-15/h3-5,12,14-15H,2,6-9H2,1H3. The fourth-order valence-corrected chi connectivity index (χ4v) is 2.37. The van der Waals surface area contributed by atoms with E-state index in [2.05, 4.69) is 18.3 Å². The summed E-state index contributed by atoms with van der Waals surface area (Å²) >= 11 is 0. The zero-order valence-electron chi connectivity index (χ0n) is 9.70. The Morgan fingerprint density at radius 2 is 2.38 bits per heavy atom. The van der Waals surface area contributed by atoms with E-state index < -0.39 is 0 Å². The van der Waals surface area contributed by atoms with Crippen LogP contribution in [0.1, 0.15) is 30.5 Å². The van der Waals surface area contributed by atoms with E-state index in [0.29, 0.717) is 12.6 Å². The second kappa shape index (κ2) is 5.32.